The molecule has 0 atom stereocenters. The van der Waals surface area contributed by atoms with Crippen molar-refractivity contribution in [1.82, 2.24) is 10.3 Å². The van der Waals surface area contributed by atoms with E-state index in [1.807, 2.05) is 30.5 Å². The molecule has 1 aromatic heterocycles. The quantitative estimate of drug-likeness (QED) is 0.317. The van der Waals surface area contributed by atoms with Crippen LogP contribution >= 0.6 is 12.6 Å². The Morgan fingerprint density at radius 1 is 0.931 bits per heavy atom. The summed E-state index contributed by atoms with van der Waals surface area (Å²) in [7, 11) is 0. The van der Waals surface area contributed by atoms with Crippen LogP contribution in [-0.2, 0) is 6.54 Å². The van der Waals surface area contributed by atoms with Gasteiger partial charge in [0.2, 0.25) is 0 Å². The fourth-order valence-electron chi connectivity index (χ4n) is 3.14. The summed E-state index contributed by atoms with van der Waals surface area (Å²) in [6.07, 6.45) is 3.62. The van der Waals surface area contributed by atoms with Crippen LogP contribution < -0.4 is 11.1 Å². The van der Waals surface area contributed by atoms with E-state index in [1.54, 1.807) is 6.20 Å². The summed E-state index contributed by atoms with van der Waals surface area (Å²) in [4.78, 5) is 5.02. The van der Waals surface area contributed by atoms with Gasteiger partial charge in [0.1, 0.15) is 0 Å². The summed E-state index contributed by atoms with van der Waals surface area (Å²) in [6, 6.07) is 25.1. The Balaban J connectivity index is 0.000000186. The second kappa shape index (κ2) is 10.8. The Bertz CT molecular complexity index is 1040. The predicted octanol–water partition coefficient (Wildman–Crippen LogP) is 5.23. The van der Waals surface area contributed by atoms with E-state index in [-0.39, 0.29) is 0 Å². The molecule has 0 aliphatic heterocycles. The Morgan fingerprint density at radius 2 is 1.72 bits per heavy atom. The van der Waals surface area contributed by atoms with E-state index in [9.17, 15) is 0 Å². The summed E-state index contributed by atoms with van der Waals surface area (Å²) >= 11 is 4.32. The highest BCUT2D eigenvalue weighted by Crippen LogP contribution is 2.23. The lowest BCUT2D eigenvalue weighted by Gasteiger charge is -2.07. The maximum Gasteiger partial charge on any atom is 0.0346 e. The number of thiol groups is 1. The topological polar surface area (TPSA) is 50.9 Å². The smallest absolute Gasteiger partial charge is 0.0346 e. The minimum atomic E-state index is 0.682. The molecule has 0 radical (unpaired) electrons. The molecule has 0 amide bonds. The van der Waals surface area contributed by atoms with Crippen molar-refractivity contribution >= 4 is 23.4 Å². The Morgan fingerprint density at radius 3 is 2.45 bits per heavy atom. The Labute approximate surface area is 178 Å². The monoisotopic (exact) mass is 401 g/mol. The third-order valence-corrected chi connectivity index (χ3v) is 5.11. The van der Waals surface area contributed by atoms with E-state index in [0.717, 1.165) is 28.8 Å². The Hall–Kier alpha value is -2.66. The molecule has 3 aromatic carbocycles. The highest BCUT2D eigenvalue weighted by Gasteiger charge is 2.00. The van der Waals surface area contributed by atoms with E-state index >= 15 is 0 Å². The zero-order valence-electron chi connectivity index (χ0n) is 16.7. The highest BCUT2D eigenvalue weighted by atomic mass is 32.1. The lowest BCUT2D eigenvalue weighted by atomic mass is 10.00. The lowest BCUT2D eigenvalue weighted by molar-refractivity contribution is 0.695. The number of hydrogen-bond acceptors (Lipinski definition) is 4. The van der Waals surface area contributed by atoms with Gasteiger partial charge in [0.15, 0.2) is 0 Å². The molecule has 4 heteroatoms. The third-order valence-electron chi connectivity index (χ3n) is 4.72. The van der Waals surface area contributed by atoms with Gasteiger partial charge in [0, 0.05) is 42.3 Å². The number of fused-ring (bicyclic) bond motifs is 1. The van der Waals surface area contributed by atoms with Crippen molar-refractivity contribution in [3.8, 4) is 11.1 Å². The van der Waals surface area contributed by atoms with E-state index < -0.39 is 0 Å². The first kappa shape index (κ1) is 21.1. The van der Waals surface area contributed by atoms with Crippen LogP contribution in [0.3, 0.4) is 0 Å². The molecule has 0 spiro atoms. The normalized spacial score (nSPS) is 10.4. The summed E-state index contributed by atoms with van der Waals surface area (Å²) in [5, 5.41) is 5.59. The van der Waals surface area contributed by atoms with Crippen molar-refractivity contribution < 1.29 is 0 Å². The number of aryl methyl sites for hydroxylation is 1. The van der Waals surface area contributed by atoms with Gasteiger partial charge in [0.05, 0.1) is 0 Å². The van der Waals surface area contributed by atoms with Crippen LogP contribution in [0, 0.1) is 6.92 Å². The minimum absolute atomic E-state index is 0.682. The van der Waals surface area contributed by atoms with Gasteiger partial charge in [0.25, 0.3) is 0 Å². The minimum Gasteiger partial charge on any atom is -0.329 e. The number of aromatic nitrogens is 1. The van der Waals surface area contributed by atoms with Crippen molar-refractivity contribution in [3.05, 3.63) is 96.3 Å². The molecule has 3 nitrogen and oxygen atoms in total. The molecule has 4 aromatic rings. The molecule has 4 rings (SSSR count). The predicted molar refractivity (Wildman–Crippen MR) is 126 cm³/mol. The molecule has 0 saturated heterocycles. The van der Waals surface area contributed by atoms with Gasteiger partial charge in [-0.05, 0) is 46.7 Å². The number of benzene rings is 3. The largest absolute Gasteiger partial charge is 0.329 e. The molecule has 0 unspecified atom stereocenters. The molecule has 3 N–H and O–H groups in total. The lowest BCUT2D eigenvalue weighted by Crippen LogP contribution is -2.21. The zero-order valence-corrected chi connectivity index (χ0v) is 17.6. The molecule has 29 heavy (non-hydrogen) atoms. The van der Waals surface area contributed by atoms with Gasteiger partial charge in [-0.3, -0.25) is 4.98 Å². The van der Waals surface area contributed by atoms with E-state index in [0.29, 0.717) is 6.54 Å². The number of nitrogens with zero attached hydrogens (tertiary/aromatic N) is 1. The Kier molecular flexibility index (Phi) is 7.82. The van der Waals surface area contributed by atoms with Crippen LogP contribution in [0.1, 0.15) is 11.1 Å². The summed E-state index contributed by atoms with van der Waals surface area (Å²) in [5.74, 6) is 0. The van der Waals surface area contributed by atoms with Crippen LogP contribution in [0.25, 0.3) is 21.9 Å². The highest BCUT2D eigenvalue weighted by molar-refractivity contribution is 7.80. The van der Waals surface area contributed by atoms with E-state index in [4.69, 9.17) is 5.73 Å². The first-order chi connectivity index (χ1) is 14.2. The first-order valence-electron chi connectivity index (χ1n) is 9.76. The van der Waals surface area contributed by atoms with Gasteiger partial charge in [-0.2, -0.15) is 0 Å². The second-order valence-electron chi connectivity index (χ2n) is 6.85. The summed E-state index contributed by atoms with van der Waals surface area (Å²) in [6.45, 7) is 4.57. The maximum atomic E-state index is 5.45. The van der Waals surface area contributed by atoms with Crippen LogP contribution in [0.15, 0.2) is 90.1 Å². The van der Waals surface area contributed by atoms with Gasteiger partial charge in [-0.1, -0.05) is 60.7 Å². The molecule has 0 aliphatic rings. The third kappa shape index (κ3) is 5.91. The van der Waals surface area contributed by atoms with Crippen LogP contribution in [0.4, 0.5) is 0 Å². The molecule has 0 saturated carbocycles. The fourth-order valence-corrected chi connectivity index (χ4v) is 3.43. The second-order valence-corrected chi connectivity index (χ2v) is 7.33. The number of rotatable bonds is 5. The van der Waals surface area contributed by atoms with Crippen molar-refractivity contribution in [2.24, 2.45) is 5.73 Å². The molecule has 1 heterocycles. The van der Waals surface area contributed by atoms with Gasteiger partial charge >= 0.3 is 0 Å². The standard InChI is InChI=1S/C16H20N2.C9H7NS/c1-13-4-2-3-5-16(13)15-8-6-14(7-9-15)12-18-11-10-17;11-9-3-1-2-7-6-10-5-4-8(7)9/h2-9,18H,10-12,17H2,1H3;1-6,11H. The van der Waals surface area contributed by atoms with Crippen LogP contribution in [0.2, 0.25) is 0 Å². The molecule has 0 aliphatic carbocycles. The molecular formula is C25H27N3S. The maximum absolute atomic E-state index is 5.45. The van der Waals surface area contributed by atoms with Crippen molar-refractivity contribution in [2.45, 2.75) is 18.4 Å². The van der Waals surface area contributed by atoms with Crippen molar-refractivity contribution in [2.75, 3.05) is 13.1 Å². The van der Waals surface area contributed by atoms with Gasteiger partial charge < -0.3 is 11.1 Å². The van der Waals surface area contributed by atoms with Crippen LogP contribution in [-0.4, -0.2) is 18.1 Å². The average Bonchev–Trinajstić information content (AvgIpc) is 2.76. The van der Waals surface area contributed by atoms with Crippen molar-refractivity contribution in [3.63, 3.8) is 0 Å². The number of nitrogens with two attached hydrogens (primary N) is 1. The fraction of sp³-hybridized carbons (Fsp3) is 0.160. The van der Waals surface area contributed by atoms with Crippen molar-refractivity contribution in [1.29, 1.82) is 0 Å². The zero-order chi connectivity index (χ0) is 20.5. The number of nitrogens with one attached hydrogen (secondary N) is 1. The SMILES string of the molecule is Cc1ccccc1-c1ccc(CNCCN)cc1.Sc1cccc2cnccc12. The summed E-state index contributed by atoms with van der Waals surface area (Å²) < 4.78 is 0. The average molecular weight is 402 g/mol. The van der Waals surface area contributed by atoms with Crippen LogP contribution in [0.5, 0.6) is 0 Å². The number of pyridine rings is 1. The molecule has 148 valence electrons. The molecular weight excluding hydrogens is 374 g/mol. The summed E-state index contributed by atoms with van der Waals surface area (Å²) in [5.41, 5.74) is 10.6. The van der Waals surface area contributed by atoms with Gasteiger partial charge in [-0.25, -0.2) is 0 Å². The van der Waals surface area contributed by atoms with Gasteiger partial charge in [-0.15, -0.1) is 12.6 Å². The molecule has 0 bridgehead atoms. The first-order valence-corrected chi connectivity index (χ1v) is 10.2. The molecule has 0 fully saturated rings. The van der Waals surface area contributed by atoms with E-state index in [2.05, 4.69) is 78.4 Å². The number of hydrogen-bond donors (Lipinski definition) is 3. The van der Waals surface area contributed by atoms with E-state index in [1.165, 1.54) is 22.3 Å².